The van der Waals surface area contributed by atoms with Crippen molar-refractivity contribution in [3.63, 3.8) is 0 Å². The molecule has 0 bridgehead atoms. The highest BCUT2D eigenvalue weighted by Crippen LogP contribution is 2.20. The van der Waals surface area contributed by atoms with Crippen LogP contribution in [0.3, 0.4) is 0 Å². The van der Waals surface area contributed by atoms with E-state index < -0.39 is 0 Å². The fourth-order valence-electron chi connectivity index (χ4n) is 2.80. The number of aliphatic imine (C=N–C) groups is 1. The van der Waals surface area contributed by atoms with Crippen LogP contribution < -0.4 is 11.1 Å². The highest BCUT2D eigenvalue weighted by atomic mass is 127. The van der Waals surface area contributed by atoms with Crippen LogP contribution in [0.15, 0.2) is 29.3 Å². The molecule has 0 radical (unpaired) electrons. The summed E-state index contributed by atoms with van der Waals surface area (Å²) >= 11 is 0. The van der Waals surface area contributed by atoms with Gasteiger partial charge in [-0.25, -0.2) is 0 Å². The minimum Gasteiger partial charge on any atom is -0.378 e. The molecule has 0 unspecified atom stereocenters. The molecule has 1 aliphatic carbocycles. The monoisotopic (exact) mass is 431 g/mol. The second kappa shape index (κ2) is 11.7. The summed E-state index contributed by atoms with van der Waals surface area (Å²) in [6.07, 6.45) is 8.86. The molecule has 4 nitrogen and oxygen atoms in total. The summed E-state index contributed by atoms with van der Waals surface area (Å²) in [6.45, 7) is 3.63. The number of ether oxygens (including phenoxy) is 1. The van der Waals surface area contributed by atoms with Gasteiger partial charge in [0.05, 0.1) is 6.10 Å². The van der Waals surface area contributed by atoms with Crippen molar-refractivity contribution in [3.05, 3.63) is 29.8 Å². The minimum atomic E-state index is 0. The molecule has 0 atom stereocenters. The van der Waals surface area contributed by atoms with Crippen molar-refractivity contribution < 1.29 is 4.74 Å². The molecule has 3 N–H and O–H groups in total. The molecule has 0 aliphatic heterocycles. The molecule has 1 fully saturated rings. The van der Waals surface area contributed by atoms with E-state index in [1.54, 1.807) is 0 Å². The number of benzene rings is 1. The Hall–Kier alpha value is -0.820. The lowest BCUT2D eigenvalue weighted by Crippen LogP contribution is -2.23. The van der Waals surface area contributed by atoms with Gasteiger partial charge in [-0.3, -0.25) is 4.99 Å². The summed E-state index contributed by atoms with van der Waals surface area (Å²) in [4.78, 5) is 4.36. The maximum Gasteiger partial charge on any atom is 0.193 e. The molecule has 0 amide bonds. The van der Waals surface area contributed by atoms with Crippen LogP contribution in [0.2, 0.25) is 0 Å². The fourth-order valence-corrected chi connectivity index (χ4v) is 2.80. The number of hydrogen-bond acceptors (Lipinski definition) is 2. The Bertz CT molecular complexity index is 473. The van der Waals surface area contributed by atoms with E-state index in [1.807, 2.05) is 12.1 Å². The number of nitrogens with one attached hydrogen (secondary N) is 1. The van der Waals surface area contributed by atoms with E-state index in [2.05, 4.69) is 29.4 Å². The lowest BCUT2D eigenvalue weighted by Gasteiger charge is -2.21. The van der Waals surface area contributed by atoms with E-state index in [0.717, 1.165) is 25.1 Å². The first-order chi connectivity index (χ1) is 10.8. The normalized spacial score (nSPS) is 16.0. The van der Waals surface area contributed by atoms with Gasteiger partial charge < -0.3 is 15.8 Å². The third-order valence-corrected chi connectivity index (χ3v) is 4.10. The largest absolute Gasteiger partial charge is 0.378 e. The number of nitrogens with two attached hydrogens (primary N) is 1. The zero-order valence-electron chi connectivity index (χ0n) is 14.1. The third-order valence-electron chi connectivity index (χ3n) is 4.10. The van der Waals surface area contributed by atoms with Crippen LogP contribution in [0, 0.1) is 0 Å². The predicted octanol–water partition coefficient (Wildman–Crippen LogP) is 4.33. The molecule has 1 aromatic carbocycles. The summed E-state index contributed by atoms with van der Waals surface area (Å²) < 4.78 is 5.88. The Morgan fingerprint density at radius 3 is 2.83 bits per heavy atom. The van der Waals surface area contributed by atoms with Crippen LogP contribution in [0.1, 0.15) is 51.0 Å². The first kappa shape index (κ1) is 20.2. The highest BCUT2D eigenvalue weighted by molar-refractivity contribution is 14.0. The van der Waals surface area contributed by atoms with Crippen LogP contribution in [0.4, 0.5) is 5.69 Å². The standard InChI is InChI=1S/C18H29N3O.HI/c1-2-15-8-6-9-16(14-15)21-18(19)20-12-7-13-22-17-10-4-3-5-11-17;/h6,8-9,14,17H,2-5,7,10-13H2,1H3,(H3,19,20,21);1H. The summed E-state index contributed by atoms with van der Waals surface area (Å²) in [7, 11) is 0. The van der Waals surface area contributed by atoms with Crippen molar-refractivity contribution in [2.45, 2.75) is 58.0 Å². The summed E-state index contributed by atoms with van der Waals surface area (Å²) in [5.74, 6) is 0.478. The maximum atomic E-state index is 5.92. The van der Waals surface area contributed by atoms with Crippen molar-refractivity contribution in [1.29, 1.82) is 0 Å². The molecule has 0 saturated heterocycles. The van der Waals surface area contributed by atoms with Crippen LogP contribution in [-0.4, -0.2) is 25.2 Å². The van der Waals surface area contributed by atoms with Crippen LogP contribution in [0.25, 0.3) is 0 Å². The van der Waals surface area contributed by atoms with E-state index in [-0.39, 0.29) is 24.0 Å². The molecule has 1 aliphatic rings. The summed E-state index contributed by atoms with van der Waals surface area (Å²) in [5, 5.41) is 3.14. The van der Waals surface area contributed by atoms with Crippen molar-refractivity contribution in [2.75, 3.05) is 18.5 Å². The molecule has 1 saturated carbocycles. The number of rotatable bonds is 7. The first-order valence-corrected chi connectivity index (χ1v) is 8.55. The molecule has 130 valence electrons. The third kappa shape index (κ3) is 8.01. The Balaban J connectivity index is 0.00000264. The van der Waals surface area contributed by atoms with Gasteiger partial charge in [0.25, 0.3) is 0 Å². The van der Waals surface area contributed by atoms with E-state index in [0.29, 0.717) is 18.6 Å². The topological polar surface area (TPSA) is 59.6 Å². The lowest BCUT2D eigenvalue weighted by molar-refractivity contribution is 0.0281. The van der Waals surface area contributed by atoms with Gasteiger partial charge in [-0.15, -0.1) is 24.0 Å². The van der Waals surface area contributed by atoms with Gasteiger partial charge in [0.15, 0.2) is 5.96 Å². The zero-order chi connectivity index (χ0) is 15.6. The molecular weight excluding hydrogens is 401 g/mol. The quantitative estimate of drug-likeness (QED) is 0.292. The Morgan fingerprint density at radius 1 is 1.30 bits per heavy atom. The van der Waals surface area contributed by atoms with Crippen LogP contribution >= 0.6 is 24.0 Å². The Kier molecular flexibility index (Phi) is 10.3. The second-order valence-corrected chi connectivity index (χ2v) is 5.93. The van der Waals surface area contributed by atoms with E-state index in [4.69, 9.17) is 10.5 Å². The van der Waals surface area contributed by atoms with E-state index in [1.165, 1.54) is 37.7 Å². The predicted molar refractivity (Wildman–Crippen MR) is 109 cm³/mol. The number of nitrogens with zero attached hydrogens (tertiary/aromatic N) is 1. The molecule has 0 aromatic heterocycles. The smallest absolute Gasteiger partial charge is 0.193 e. The van der Waals surface area contributed by atoms with Gasteiger partial charge in [0.1, 0.15) is 0 Å². The molecule has 1 aromatic rings. The molecular formula is C18H30IN3O. The summed E-state index contributed by atoms with van der Waals surface area (Å²) in [5.41, 5.74) is 8.21. The highest BCUT2D eigenvalue weighted by Gasteiger charge is 2.12. The zero-order valence-corrected chi connectivity index (χ0v) is 16.4. The number of hydrogen-bond donors (Lipinski definition) is 2. The van der Waals surface area contributed by atoms with Gasteiger partial charge in [-0.05, 0) is 43.4 Å². The second-order valence-electron chi connectivity index (χ2n) is 5.93. The lowest BCUT2D eigenvalue weighted by atomic mass is 9.98. The summed E-state index contributed by atoms with van der Waals surface area (Å²) in [6, 6.07) is 8.26. The van der Waals surface area contributed by atoms with Gasteiger partial charge in [-0.2, -0.15) is 0 Å². The minimum absolute atomic E-state index is 0. The van der Waals surface area contributed by atoms with E-state index >= 15 is 0 Å². The molecule has 2 rings (SSSR count). The number of guanidine groups is 1. The molecule has 0 spiro atoms. The average Bonchev–Trinajstić information content (AvgIpc) is 2.55. The van der Waals surface area contributed by atoms with Gasteiger partial charge in [-0.1, -0.05) is 38.3 Å². The van der Waals surface area contributed by atoms with Crippen LogP contribution in [-0.2, 0) is 11.2 Å². The van der Waals surface area contributed by atoms with Gasteiger partial charge >= 0.3 is 0 Å². The SMILES string of the molecule is CCc1cccc(NC(N)=NCCCOC2CCCCC2)c1.I. The maximum absolute atomic E-state index is 5.92. The average molecular weight is 431 g/mol. The van der Waals surface area contributed by atoms with Crippen molar-refractivity contribution >= 4 is 35.6 Å². The number of halogens is 1. The van der Waals surface area contributed by atoms with Gasteiger partial charge in [0, 0.05) is 18.8 Å². The van der Waals surface area contributed by atoms with Crippen molar-refractivity contribution in [1.82, 2.24) is 0 Å². The Labute approximate surface area is 157 Å². The van der Waals surface area contributed by atoms with Crippen molar-refractivity contribution in [3.8, 4) is 0 Å². The van der Waals surface area contributed by atoms with Crippen LogP contribution in [0.5, 0.6) is 0 Å². The number of anilines is 1. The molecule has 23 heavy (non-hydrogen) atoms. The first-order valence-electron chi connectivity index (χ1n) is 8.55. The molecule has 5 heteroatoms. The van der Waals surface area contributed by atoms with Gasteiger partial charge in [0.2, 0.25) is 0 Å². The van der Waals surface area contributed by atoms with Crippen molar-refractivity contribution in [2.24, 2.45) is 10.7 Å². The van der Waals surface area contributed by atoms with E-state index in [9.17, 15) is 0 Å². The fraction of sp³-hybridized carbons (Fsp3) is 0.611. The number of aryl methyl sites for hydroxylation is 1. The Morgan fingerprint density at radius 2 is 2.09 bits per heavy atom. The molecule has 0 heterocycles.